The van der Waals surface area contributed by atoms with Gasteiger partial charge in [-0.2, -0.15) is 0 Å². The minimum Gasteiger partial charge on any atom is -0.311 e. The van der Waals surface area contributed by atoms with Gasteiger partial charge < -0.3 is 4.57 Å². The molecule has 0 N–H and O–H groups in total. The van der Waals surface area contributed by atoms with Crippen molar-refractivity contribution in [3.05, 3.63) is 80.7 Å². The van der Waals surface area contributed by atoms with Crippen molar-refractivity contribution in [2.45, 2.75) is 26.8 Å². The number of nitrogens with zero attached hydrogens (tertiary/aromatic N) is 3. The summed E-state index contributed by atoms with van der Waals surface area (Å²) in [4.78, 5) is 17.7. The molecule has 0 amide bonds. The monoisotopic (exact) mass is 351 g/mol. The van der Waals surface area contributed by atoms with Crippen LogP contribution < -0.4 is 5.56 Å². The van der Waals surface area contributed by atoms with Crippen molar-refractivity contribution in [1.82, 2.24) is 14.0 Å². The van der Waals surface area contributed by atoms with Crippen LogP contribution in [0.4, 0.5) is 0 Å². The summed E-state index contributed by atoms with van der Waals surface area (Å²) in [6.45, 7) is 4.65. The van der Waals surface area contributed by atoms with E-state index in [1.165, 1.54) is 0 Å². The molecule has 0 aliphatic carbocycles. The first-order valence-electron chi connectivity index (χ1n) is 8.34. The summed E-state index contributed by atoms with van der Waals surface area (Å²) >= 11 is 6.00. The summed E-state index contributed by atoms with van der Waals surface area (Å²) in [7, 11) is 0. The first-order chi connectivity index (χ1) is 12.1. The second kappa shape index (κ2) is 6.05. The molecule has 2 heterocycles. The summed E-state index contributed by atoms with van der Waals surface area (Å²) in [5, 5.41) is 0.714. The number of fused-ring (bicyclic) bond motifs is 3. The van der Waals surface area contributed by atoms with Gasteiger partial charge in [0, 0.05) is 16.3 Å². The minimum absolute atomic E-state index is 0.0241. The van der Waals surface area contributed by atoms with Crippen molar-refractivity contribution in [3.8, 4) is 0 Å². The van der Waals surface area contributed by atoms with E-state index in [2.05, 4.69) is 4.57 Å². The molecule has 4 nitrogen and oxygen atoms in total. The molecule has 4 aromatic rings. The van der Waals surface area contributed by atoms with E-state index < -0.39 is 0 Å². The van der Waals surface area contributed by atoms with Crippen LogP contribution in [-0.4, -0.2) is 14.0 Å². The molecule has 0 saturated carbocycles. The predicted molar refractivity (Wildman–Crippen MR) is 102 cm³/mol. The fraction of sp³-hybridized carbons (Fsp3) is 0.200. The fourth-order valence-corrected chi connectivity index (χ4v) is 3.49. The Kier molecular flexibility index (Phi) is 3.85. The van der Waals surface area contributed by atoms with Crippen LogP contribution in [0.2, 0.25) is 5.02 Å². The topological polar surface area (TPSA) is 39.3 Å². The molecule has 126 valence electrons. The molecule has 0 atom stereocenters. The Morgan fingerprint density at radius 3 is 2.52 bits per heavy atom. The number of halogens is 1. The normalized spacial score (nSPS) is 11.5. The molecule has 0 aliphatic heterocycles. The van der Waals surface area contributed by atoms with Gasteiger partial charge in [-0.15, -0.1) is 0 Å². The quantitative estimate of drug-likeness (QED) is 0.554. The average molecular weight is 352 g/mol. The number of benzene rings is 2. The Morgan fingerprint density at radius 1 is 1.08 bits per heavy atom. The van der Waals surface area contributed by atoms with Crippen LogP contribution in [0.1, 0.15) is 23.7 Å². The maximum atomic E-state index is 13.0. The Balaban J connectivity index is 2.05. The number of para-hydroxylation sites is 2. The van der Waals surface area contributed by atoms with E-state index in [0.717, 1.165) is 27.9 Å². The van der Waals surface area contributed by atoms with Crippen LogP contribution in [-0.2, 0) is 13.0 Å². The second-order valence-electron chi connectivity index (χ2n) is 6.17. The van der Waals surface area contributed by atoms with Crippen LogP contribution in [0.25, 0.3) is 16.8 Å². The van der Waals surface area contributed by atoms with Crippen LogP contribution in [0.15, 0.2) is 53.3 Å². The third-order valence-electron chi connectivity index (χ3n) is 4.69. The molecule has 0 spiro atoms. The zero-order chi connectivity index (χ0) is 17.6. The van der Waals surface area contributed by atoms with E-state index in [9.17, 15) is 4.79 Å². The summed E-state index contributed by atoms with van der Waals surface area (Å²) in [5.74, 6) is 0.677. The van der Waals surface area contributed by atoms with Crippen molar-refractivity contribution in [1.29, 1.82) is 0 Å². The Hall–Kier alpha value is -2.59. The van der Waals surface area contributed by atoms with E-state index >= 15 is 0 Å². The van der Waals surface area contributed by atoms with Crippen LogP contribution in [0.3, 0.4) is 0 Å². The number of rotatable bonds is 3. The van der Waals surface area contributed by atoms with Gasteiger partial charge in [-0.25, -0.2) is 9.38 Å². The summed E-state index contributed by atoms with van der Waals surface area (Å²) < 4.78 is 3.85. The largest absolute Gasteiger partial charge is 0.311 e. The minimum atomic E-state index is 0.0241. The van der Waals surface area contributed by atoms with E-state index in [0.29, 0.717) is 23.8 Å². The number of hydrogen-bond acceptors (Lipinski definition) is 2. The number of aromatic nitrogens is 3. The van der Waals surface area contributed by atoms with E-state index in [-0.39, 0.29) is 5.56 Å². The maximum absolute atomic E-state index is 13.0. The second-order valence-corrected chi connectivity index (χ2v) is 6.61. The lowest BCUT2D eigenvalue weighted by molar-refractivity contribution is 0.734. The van der Waals surface area contributed by atoms with Gasteiger partial charge in [0.1, 0.15) is 0 Å². The predicted octanol–water partition coefficient (Wildman–Crippen LogP) is 4.22. The molecule has 0 bridgehead atoms. The summed E-state index contributed by atoms with van der Waals surface area (Å²) in [5.41, 5.74) is 4.61. The molecule has 0 fully saturated rings. The zero-order valence-electron chi connectivity index (χ0n) is 14.2. The van der Waals surface area contributed by atoms with Crippen molar-refractivity contribution in [3.63, 3.8) is 0 Å². The third kappa shape index (κ3) is 2.53. The Bertz CT molecular complexity index is 1140. The lowest BCUT2D eigenvalue weighted by Crippen LogP contribution is -2.25. The molecule has 0 aliphatic rings. The van der Waals surface area contributed by atoms with Gasteiger partial charge in [0.2, 0.25) is 5.78 Å². The van der Waals surface area contributed by atoms with Gasteiger partial charge in [0.15, 0.2) is 0 Å². The van der Waals surface area contributed by atoms with E-state index in [4.69, 9.17) is 16.6 Å². The lowest BCUT2D eigenvalue weighted by atomic mass is 10.1. The van der Waals surface area contributed by atoms with Gasteiger partial charge in [0.05, 0.1) is 17.6 Å². The highest BCUT2D eigenvalue weighted by Crippen LogP contribution is 2.19. The van der Waals surface area contributed by atoms with Crippen LogP contribution in [0.5, 0.6) is 0 Å². The molecule has 2 aromatic carbocycles. The smallest absolute Gasteiger partial charge is 0.262 e. The molecule has 25 heavy (non-hydrogen) atoms. The molecule has 0 unspecified atom stereocenters. The van der Waals surface area contributed by atoms with Crippen molar-refractivity contribution < 1.29 is 0 Å². The van der Waals surface area contributed by atoms with Gasteiger partial charge >= 0.3 is 0 Å². The highest BCUT2D eigenvalue weighted by molar-refractivity contribution is 6.30. The maximum Gasteiger partial charge on any atom is 0.262 e. The zero-order valence-corrected chi connectivity index (χ0v) is 14.9. The van der Waals surface area contributed by atoms with Crippen molar-refractivity contribution in [2.75, 3.05) is 0 Å². The number of imidazole rings is 1. The molecule has 0 radical (unpaired) electrons. The molecule has 0 saturated heterocycles. The fourth-order valence-electron chi connectivity index (χ4n) is 3.37. The van der Waals surface area contributed by atoms with Gasteiger partial charge in [-0.05, 0) is 43.2 Å². The van der Waals surface area contributed by atoms with Gasteiger partial charge in [0.25, 0.3) is 5.56 Å². The van der Waals surface area contributed by atoms with E-state index in [1.54, 1.807) is 4.40 Å². The van der Waals surface area contributed by atoms with Crippen molar-refractivity contribution >= 4 is 28.4 Å². The number of hydrogen-bond donors (Lipinski definition) is 0. The van der Waals surface area contributed by atoms with Crippen molar-refractivity contribution in [2.24, 2.45) is 0 Å². The Labute approximate surface area is 150 Å². The third-order valence-corrected chi connectivity index (χ3v) is 4.95. The van der Waals surface area contributed by atoms with Gasteiger partial charge in [-0.3, -0.25) is 4.79 Å². The standard InChI is InChI=1S/C20H18ClN3O/c1-3-16-13(2)23(12-14-8-10-15(21)11-9-14)20-22-17-6-4-5-7-18(17)24(20)19(16)25/h4-11H,3,12H2,1-2H3. The first-order valence-corrected chi connectivity index (χ1v) is 8.72. The lowest BCUT2D eigenvalue weighted by Gasteiger charge is -2.16. The molecule has 4 rings (SSSR count). The highest BCUT2D eigenvalue weighted by Gasteiger charge is 2.17. The van der Waals surface area contributed by atoms with E-state index in [1.807, 2.05) is 62.4 Å². The SMILES string of the molecule is CCc1c(C)n(Cc2ccc(Cl)cc2)c2nc3ccccc3n2c1=O. The molecular formula is C20H18ClN3O. The summed E-state index contributed by atoms with van der Waals surface area (Å²) in [6.07, 6.45) is 0.688. The molecule has 2 aromatic heterocycles. The summed E-state index contributed by atoms with van der Waals surface area (Å²) in [6, 6.07) is 15.5. The van der Waals surface area contributed by atoms with Crippen LogP contribution in [0, 0.1) is 6.92 Å². The van der Waals surface area contributed by atoms with Crippen LogP contribution >= 0.6 is 11.6 Å². The average Bonchev–Trinajstić information content (AvgIpc) is 3.00. The molecule has 5 heteroatoms. The van der Waals surface area contributed by atoms with Gasteiger partial charge in [-0.1, -0.05) is 42.8 Å². The Morgan fingerprint density at radius 2 is 1.80 bits per heavy atom. The molecular weight excluding hydrogens is 334 g/mol. The highest BCUT2D eigenvalue weighted by atomic mass is 35.5. The first kappa shape index (κ1) is 15.9.